The molecule has 0 unspecified atom stereocenters. The van der Waals surface area contributed by atoms with Gasteiger partial charge in [-0.1, -0.05) is 38.0 Å². The lowest BCUT2D eigenvalue weighted by atomic mass is 10.1. The van der Waals surface area contributed by atoms with Crippen molar-refractivity contribution < 1.29 is 27.5 Å². The highest BCUT2D eigenvalue weighted by atomic mass is 32.2. The van der Waals surface area contributed by atoms with Gasteiger partial charge < -0.3 is 14.8 Å². The van der Waals surface area contributed by atoms with Crippen molar-refractivity contribution in [3.05, 3.63) is 54.0 Å². The van der Waals surface area contributed by atoms with Crippen LogP contribution in [0.1, 0.15) is 42.3 Å². The molecular weight excluding hydrogens is 358 g/mol. The van der Waals surface area contributed by atoms with Gasteiger partial charge in [0.1, 0.15) is 6.04 Å². The van der Waals surface area contributed by atoms with Crippen molar-refractivity contribution in [2.75, 3.05) is 0 Å². The van der Waals surface area contributed by atoms with Crippen LogP contribution in [0.15, 0.2) is 52.0 Å². The Kier molecular flexibility index (Phi) is 6.57. The summed E-state index contributed by atoms with van der Waals surface area (Å²) in [5.41, 5.74) is 0.186. The third kappa shape index (κ3) is 4.95. The highest BCUT2D eigenvalue weighted by molar-refractivity contribution is 7.90. The Morgan fingerprint density at radius 3 is 2.50 bits per heavy atom. The van der Waals surface area contributed by atoms with Gasteiger partial charge in [0, 0.05) is 5.56 Å². The van der Waals surface area contributed by atoms with Gasteiger partial charge in [-0.25, -0.2) is 13.2 Å². The Morgan fingerprint density at radius 2 is 1.88 bits per heavy atom. The molecular formula is C18H21NO6S. The van der Waals surface area contributed by atoms with Gasteiger partial charge in [-0.05, 0) is 24.6 Å². The fourth-order valence-electron chi connectivity index (χ4n) is 2.45. The van der Waals surface area contributed by atoms with Crippen molar-refractivity contribution in [3.63, 3.8) is 0 Å². The number of amides is 1. The molecule has 1 aromatic carbocycles. The predicted octanol–water partition coefficient (Wildman–Crippen LogP) is 2.63. The number of carboxylic acid groups (broad SMARTS) is 1. The van der Waals surface area contributed by atoms with Crippen LogP contribution in [0.3, 0.4) is 0 Å². The topological polar surface area (TPSA) is 114 Å². The molecule has 2 aromatic rings. The van der Waals surface area contributed by atoms with Crippen LogP contribution in [0.5, 0.6) is 0 Å². The Labute approximate surface area is 151 Å². The van der Waals surface area contributed by atoms with Crippen molar-refractivity contribution in [2.45, 2.75) is 42.9 Å². The van der Waals surface area contributed by atoms with E-state index in [9.17, 15) is 23.1 Å². The fourth-order valence-corrected chi connectivity index (χ4v) is 3.83. The van der Waals surface area contributed by atoms with Crippen LogP contribution in [0.2, 0.25) is 0 Å². The molecule has 2 rings (SSSR count). The molecule has 0 spiro atoms. The highest BCUT2D eigenvalue weighted by Crippen LogP contribution is 2.20. The van der Waals surface area contributed by atoms with E-state index in [1.165, 1.54) is 24.5 Å². The van der Waals surface area contributed by atoms with Gasteiger partial charge in [0.2, 0.25) is 0 Å². The van der Waals surface area contributed by atoms with Crippen molar-refractivity contribution in [2.24, 2.45) is 0 Å². The largest absolute Gasteiger partial charge is 0.480 e. The summed E-state index contributed by atoms with van der Waals surface area (Å²) in [6.07, 6.45) is 2.94. The Balaban J connectivity index is 2.17. The normalized spacial score (nSPS) is 12.5. The van der Waals surface area contributed by atoms with Crippen LogP contribution in [0.25, 0.3) is 0 Å². The van der Waals surface area contributed by atoms with Crippen LogP contribution < -0.4 is 5.32 Å². The van der Waals surface area contributed by atoms with Gasteiger partial charge in [0.25, 0.3) is 5.91 Å². The Morgan fingerprint density at radius 1 is 1.19 bits per heavy atom. The van der Waals surface area contributed by atoms with E-state index in [2.05, 4.69) is 5.32 Å². The van der Waals surface area contributed by atoms with E-state index in [1.807, 2.05) is 6.92 Å². The second-order valence-electron chi connectivity index (χ2n) is 5.85. The molecule has 140 valence electrons. The Hall–Kier alpha value is -2.61. The number of furan rings is 1. The van der Waals surface area contributed by atoms with Gasteiger partial charge in [-0.15, -0.1) is 0 Å². The van der Waals surface area contributed by atoms with Crippen molar-refractivity contribution >= 4 is 21.7 Å². The van der Waals surface area contributed by atoms with Crippen LogP contribution >= 0.6 is 0 Å². The average molecular weight is 379 g/mol. The minimum absolute atomic E-state index is 0.138. The molecule has 0 radical (unpaired) electrons. The maximum atomic E-state index is 12.5. The molecule has 1 amide bonds. The molecule has 0 fully saturated rings. The van der Waals surface area contributed by atoms with Crippen molar-refractivity contribution in [3.8, 4) is 0 Å². The lowest BCUT2D eigenvalue weighted by molar-refractivity contribution is -0.139. The van der Waals surface area contributed by atoms with E-state index in [4.69, 9.17) is 4.42 Å². The molecule has 0 saturated heterocycles. The van der Waals surface area contributed by atoms with E-state index >= 15 is 0 Å². The molecule has 1 aromatic heterocycles. The molecule has 7 nitrogen and oxygen atoms in total. The predicted molar refractivity (Wildman–Crippen MR) is 94.5 cm³/mol. The van der Waals surface area contributed by atoms with E-state index in [-0.39, 0.29) is 22.6 Å². The maximum Gasteiger partial charge on any atom is 0.326 e. The molecule has 1 atom stereocenters. The van der Waals surface area contributed by atoms with Gasteiger partial charge in [0.05, 0.1) is 16.9 Å². The van der Waals surface area contributed by atoms with Gasteiger partial charge in [0.15, 0.2) is 15.6 Å². The number of sulfone groups is 1. The smallest absolute Gasteiger partial charge is 0.326 e. The van der Waals surface area contributed by atoms with E-state index < -0.39 is 33.5 Å². The van der Waals surface area contributed by atoms with E-state index in [0.29, 0.717) is 6.42 Å². The molecule has 0 saturated carbocycles. The minimum Gasteiger partial charge on any atom is -0.480 e. The first-order chi connectivity index (χ1) is 12.3. The maximum absolute atomic E-state index is 12.5. The zero-order valence-electron chi connectivity index (χ0n) is 14.3. The monoisotopic (exact) mass is 379 g/mol. The number of carbonyl (C=O) groups excluding carboxylic acids is 1. The first-order valence-corrected chi connectivity index (χ1v) is 9.88. The Bertz CT molecular complexity index is 857. The number of unbranched alkanes of at least 4 members (excludes halogenated alkanes) is 1. The molecule has 0 aliphatic carbocycles. The quantitative estimate of drug-likeness (QED) is 0.692. The lowest BCUT2D eigenvalue weighted by Crippen LogP contribution is -2.40. The van der Waals surface area contributed by atoms with E-state index in [0.717, 1.165) is 6.42 Å². The number of hydrogen-bond donors (Lipinski definition) is 2. The van der Waals surface area contributed by atoms with Crippen molar-refractivity contribution in [1.82, 2.24) is 5.32 Å². The third-order valence-electron chi connectivity index (χ3n) is 3.85. The minimum atomic E-state index is -3.65. The lowest BCUT2D eigenvalue weighted by Gasteiger charge is -2.13. The summed E-state index contributed by atoms with van der Waals surface area (Å²) < 4.78 is 30.1. The number of nitrogens with one attached hydrogen (secondary N) is 1. The summed E-state index contributed by atoms with van der Waals surface area (Å²) in [5, 5.41) is 11.6. The summed E-state index contributed by atoms with van der Waals surface area (Å²) >= 11 is 0. The third-order valence-corrected chi connectivity index (χ3v) is 5.53. The van der Waals surface area contributed by atoms with Crippen LogP contribution in [-0.2, 0) is 20.4 Å². The van der Waals surface area contributed by atoms with Gasteiger partial charge >= 0.3 is 5.97 Å². The first-order valence-electron chi connectivity index (χ1n) is 8.23. The molecule has 8 heteroatoms. The van der Waals surface area contributed by atoms with Crippen molar-refractivity contribution in [1.29, 1.82) is 0 Å². The summed E-state index contributed by atoms with van der Waals surface area (Å²) in [6.45, 7) is 1.92. The molecule has 0 bridgehead atoms. The summed E-state index contributed by atoms with van der Waals surface area (Å²) in [6, 6.07) is 8.23. The van der Waals surface area contributed by atoms with E-state index in [1.54, 1.807) is 18.2 Å². The second-order valence-corrected chi connectivity index (χ2v) is 7.84. The van der Waals surface area contributed by atoms with Crippen LogP contribution in [-0.4, -0.2) is 31.4 Å². The average Bonchev–Trinajstić information content (AvgIpc) is 3.06. The SMILES string of the molecule is CCCC[C@H](NC(=O)c1occc1CS(=O)(=O)c1ccccc1)C(=O)O. The number of hydrogen-bond acceptors (Lipinski definition) is 5. The standard InChI is InChI=1S/C18H21NO6S/c1-2-3-9-15(18(21)22)19-17(20)16-13(10-11-25-16)12-26(23,24)14-7-5-4-6-8-14/h4-8,10-11,15H,2-3,9,12H2,1H3,(H,19,20)(H,21,22)/t15-/m0/s1. The van der Waals surface area contributed by atoms with Gasteiger partial charge in [-0.3, -0.25) is 4.79 Å². The zero-order chi connectivity index (χ0) is 19.2. The molecule has 2 N–H and O–H groups in total. The number of aliphatic carboxylic acids is 1. The summed E-state index contributed by atoms with van der Waals surface area (Å²) in [5.74, 6) is -2.48. The number of rotatable bonds is 9. The summed E-state index contributed by atoms with van der Waals surface area (Å²) in [7, 11) is -3.65. The van der Waals surface area contributed by atoms with Crippen LogP contribution in [0, 0.1) is 0 Å². The van der Waals surface area contributed by atoms with Gasteiger partial charge in [-0.2, -0.15) is 0 Å². The van der Waals surface area contributed by atoms with Crippen LogP contribution in [0.4, 0.5) is 0 Å². The second kappa shape index (κ2) is 8.66. The molecule has 26 heavy (non-hydrogen) atoms. The summed E-state index contributed by atoms with van der Waals surface area (Å²) in [4.78, 5) is 23.8. The number of carboxylic acids is 1. The molecule has 0 aliphatic rings. The fraction of sp³-hybridized carbons (Fsp3) is 0.333. The molecule has 0 aliphatic heterocycles. The number of carbonyl (C=O) groups is 2. The molecule has 1 heterocycles. The highest BCUT2D eigenvalue weighted by Gasteiger charge is 2.26. The zero-order valence-corrected chi connectivity index (χ0v) is 15.2. The first kappa shape index (κ1) is 19.7. The number of benzene rings is 1.